The largest absolute Gasteiger partial charge is 0.457 e. The molecule has 0 unspecified atom stereocenters. The average molecular weight is 1060 g/mol. The summed E-state index contributed by atoms with van der Waals surface area (Å²) in [6.45, 7) is 9.01. The lowest BCUT2D eigenvalue weighted by Gasteiger charge is -2.35. The zero-order valence-corrected chi connectivity index (χ0v) is 46.4. The molecule has 13 rings (SSSR count). The second kappa shape index (κ2) is 22.0. The molecule has 82 heavy (non-hydrogen) atoms. The highest BCUT2D eigenvalue weighted by molar-refractivity contribution is 6.03. The predicted octanol–water partition coefficient (Wildman–Crippen LogP) is 21.6. The normalized spacial score (nSPS) is 11.9. The Morgan fingerprint density at radius 3 is 1.43 bits per heavy atom. The van der Waals surface area contributed by atoms with Gasteiger partial charge in [0.2, 0.25) is 0 Å². The van der Waals surface area contributed by atoms with Crippen LogP contribution in [0.3, 0.4) is 0 Å². The van der Waals surface area contributed by atoms with Crippen LogP contribution < -0.4 is 25.2 Å². The maximum atomic E-state index is 7.05. The minimum atomic E-state index is -0.0660. The molecule has 0 fully saturated rings. The number of hydrogen-bond donors (Lipinski definition) is 2. The van der Waals surface area contributed by atoms with E-state index in [0.717, 1.165) is 118 Å². The van der Waals surface area contributed by atoms with Crippen molar-refractivity contribution in [3.8, 4) is 67.1 Å². The molecule has 6 nitrogen and oxygen atoms in total. The first-order valence-corrected chi connectivity index (χ1v) is 28.0. The highest BCUT2D eigenvalue weighted by Gasteiger charge is 2.30. The van der Waals surface area contributed by atoms with Gasteiger partial charge in [0.15, 0.2) is 0 Å². The van der Waals surface area contributed by atoms with Crippen LogP contribution in [-0.4, -0.2) is 4.98 Å². The van der Waals surface area contributed by atoms with E-state index in [2.05, 4.69) is 315 Å². The minimum absolute atomic E-state index is 0.0660. The van der Waals surface area contributed by atoms with Crippen molar-refractivity contribution in [3.05, 3.63) is 296 Å². The molecule has 0 bridgehead atoms. The number of pyridine rings is 1. The average Bonchev–Trinajstić information content (AvgIpc) is 3.04. The molecule has 1 aromatic heterocycles. The van der Waals surface area contributed by atoms with Crippen LogP contribution >= 0.6 is 0 Å². The van der Waals surface area contributed by atoms with Crippen LogP contribution in [0, 0.1) is 6.92 Å². The lowest BCUT2D eigenvalue weighted by Crippen LogP contribution is -2.18. The highest BCUT2D eigenvalue weighted by Crippen LogP contribution is 2.54. The van der Waals surface area contributed by atoms with E-state index in [1.54, 1.807) is 0 Å². The second-order valence-corrected chi connectivity index (χ2v) is 21.8. The summed E-state index contributed by atoms with van der Waals surface area (Å²) in [5.74, 6) is 2.14. The van der Waals surface area contributed by atoms with E-state index in [9.17, 15) is 0 Å². The number of nitrogens with one attached hydrogen (secondary N) is 2. The van der Waals surface area contributed by atoms with Gasteiger partial charge >= 0.3 is 0 Å². The summed E-state index contributed by atoms with van der Waals surface area (Å²) in [6.07, 6.45) is 2.02. The van der Waals surface area contributed by atoms with Crippen molar-refractivity contribution >= 4 is 57.0 Å². The van der Waals surface area contributed by atoms with Gasteiger partial charge in [0, 0.05) is 68.6 Å². The standard InChI is InChI=1S/C76H61N5O/c1-52-47-74(77-51-67(52)55-29-12-7-13-30-55)81-72-44-21-16-36-64(72)63-35-14-19-42-70(63)80(58-33-22-31-56(48-58)76(2,3)4)71-43-20-15-37-65(71)66-46-45-60(50-73(66)81)82-59-34-23-32-57(49-59)78-68-40-17-18-41-69(68)79-75-61(53-25-8-5-9-26-53)38-24-39-62(75)54-27-10-6-11-28-54/h5-51,78-79H,1-4H3. The summed E-state index contributed by atoms with van der Waals surface area (Å²) < 4.78 is 7.05. The van der Waals surface area contributed by atoms with Gasteiger partial charge in [-0.3, -0.25) is 4.90 Å². The maximum absolute atomic E-state index is 7.05. The third kappa shape index (κ3) is 10.1. The summed E-state index contributed by atoms with van der Waals surface area (Å²) >= 11 is 0. The first kappa shape index (κ1) is 51.0. The number of para-hydroxylation sites is 6. The molecular formula is C76H61N5O. The zero-order valence-electron chi connectivity index (χ0n) is 46.4. The van der Waals surface area contributed by atoms with E-state index < -0.39 is 0 Å². The molecule has 396 valence electrons. The van der Waals surface area contributed by atoms with Gasteiger partial charge < -0.3 is 20.3 Å². The molecule has 2 N–H and O–H groups in total. The Labute approximate surface area is 481 Å². The molecule has 0 saturated carbocycles. The van der Waals surface area contributed by atoms with E-state index in [1.165, 1.54) is 5.56 Å². The smallest absolute Gasteiger partial charge is 0.137 e. The SMILES string of the molecule is Cc1cc(N2c3ccccc3-c3ccccc3N(c3cccc(C(C)(C)C)c3)c3ccccc3-c3ccc(Oc4cccc(Nc5ccccc5Nc5c(-c6ccccc6)cccc5-c5ccccc5)c4)cc32)ncc1-c1ccccc1. The second-order valence-electron chi connectivity index (χ2n) is 21.8. The Kier molecular flexibility index (Phi) is 13.7. The number of fused-ring (bicyclic) bond motifs is 6. The Morgan fingerprint density at radius 1 is 0.366 bits per heavy atom. The molecule has 12 aromatic rings. The van der Waals surface area contributed by atoms with E-state index in [1.807, 2.05) is 18.3 Å². The third-order valence-corrected chi connectivity index (χ3v) is 15.4. The van der Waals surface area contributed by atoms with Crippen LogP contribution in [0.2, 0.25) is 0 Å². The third-order valence-electron chi connectivity index (χ3n) is 15.4. The van der Waals surface area contributed by atoms with Crippen LogP contribution in [0.25, 0.3) is 55.6 Å². The zero-order chi connectivity index (χ0) is 55.6. The van der Waals surface area contributed by atoms with Gasteiger partial charge in [-0.05, 0) is 113 Å². The Hall–Kier alpha value is -10.4. The molecule has 0 radical (unpaired) electrons. The molecular weight excluding hydrogens is 999 g/mol. The van der Waals surface area contributed by atoms with Crippen molar-refractivity contribution in [3.63, 3.8) is 0 Å². The number of ether oxygens (including phenoxy) is 1. The van der Waals surface area contributed by atoms with Gasteiger partial charge in [0.25, 0.3) is 0 Å². The van der Waals surface area contributed by atoms with Crippen molar-refractivity contribution in [1.82, 2.24) is 4.98 Å². The van der Waals surface area contributed by atoms with Crippen LogP contribution in [-0.2, 0) is 5.41 Å². The first-order chi connectivity index (χ1) is 40.2. The number of aryl methyl sites for hydroxylation is 1. The minimum Gasteiger partial charge on any atom is -0.457 e. The number of rotatable bonds is 11. The fourth-order valence-corrected chi connectivity index (χ4v) is 11.3. The monoisotopic (exact) mass is 1060 g/mol. The molecule has 0 aliphatic carbocycles. The number of nitrogens with zero attached hydrogens (tertiary/aromatic N) is 3. The first-order valence-electron chi connectivity index (χ1n) is 28.0. The topological polar surface area (TPSA) is 52.7 Å². The van der Waals surface area contributed by atoms with Gasteiger partial charge in [-0.15, -0.1) is 0 Å². The fraction of sp³-hybridized carbons (Fsp3) is 0.0658. The van der Waals surface area contributed by atoms with Crippen LogP contribution in [0.5, 0.6) is 11.5 Å². The van der Waals surface area contributed by atoms with E-state index in [-0.39, 0.29) is 5.41 Å². The van der Waals surface area contributed by atoms with Gasteiger partial charge in [0.05, 0.1) is 39.8 Å². The summed E-state index contributed by atoms with van der Waals surface area (Å²) in [5.41, 5.74) is 22.1. The van der Waals surface area contributed by atoms with Gasteiger partial charge in [-0.1, -0.05) is 215 Å². The Morgan fingerprint density at radius 2 is 0.841 bits per heavy atom. The number of anilines is 10. The molecule has 2 heterocycles. The van der Waals surface area contributed by atoms with Crippen molar-refractivity contribution in [2.45, 2.75) is 33.1 Å². The molecule has 1 aliphatic heterocycles. The van der Waals surface area contributed by atoms with Crippen molar-refractivity contribution in [1.29, 1.82) is 0 Å². The molecule has 0 amide bonds. The summed E-state index contributed by atoms with van der Waals surface area (Å²) in [5, 5.41) is 7.66. The lowest BCUT2D eigenvalue weighted by molar-refractivity contribution is 0.483. The summed E-state index contributed by atoms with van der Waals surface area (Å²) in [6, 6.07) is 98.6. The van der Waals surface area contributed by atoms with Crippen molar-refractivity contribution < 1.29 is 4.74 Å². The lowest BCUT2D eigenvalue weighted by atomic mass is 9.86. The van der Waals surface area contributed by atoms with Gasteiger partial charge in [0.1, 0.15) is 17.3 Å². The van der Waals surface area contributed by atoms with Crippen LogP contribution in [0.15, 0.2) is 285 Å². The van der Waals surface area contributed by atoms with E-state index in [0.29, 0.717) is 11.5 Å². The van der Waals surface area contributed by atoms with E-state index in [4.69, 9.17) is 9.72 Å². The summed E-state index contributed by atoms with van der Waals surface area (Å²) in [4.78, 5) is 10.1. The fourth-order valence-electron chi connectivity index (χ4n) is 11.3. The molecule has 0 atom stereocenters. The number of benzene rings is 11. The maximum Gasteiger partial charge on any atom is 0.137 e. The Balaban J connectivity index is 0.933. The van der Waals surface area contributed by atoms with E-state index >= 15 is 0 Å². The molecule has 6 heteroatoms. The highest BCUT2D eigenvalue weighted by atomic mass is 16.5. The van der Waals surface area contributed by atoms with Crippen LogP contribution in [0.4, 0.5) is 57.0 Å². The molecule has 1 aliphatic rings. The quantitative estimate of drug-likeness (QED) is 0.135. The van der Waals surface area contributed by atoms with Gasteiger partial charge in [-0.2, -0.15) is 0 Å². The Bertz CT molecular complexity index is 4210. The summed E-state index contributed by atoms with van der Waals surface area (Å²) in [7, 11) is 0. The molecule has 11 aromatic carbocycles. The predicted molar refractivity (Wildman–Crippen MR) is 344 cm³/mol. The number of aromatic nitrogens is 1. The molecule has 0 spiro atoms. The molecule has 0 saturated heterocycles. The van der Waals surface area contributed by atoms with Crippen molar-refractivity contribution in [2.24, 2.45) is 0 Å². The van der Waals surface area contributed by atoms with Crippen molar-refractivity contribution in [2.75, 3.05) is 20.4 Å². The van der Waals surface area contributed by atoms with Gasteiger partial charge in [-0.25, -0.2) is 4.98 Å². The number of hydrogen-bond acceptors (Lipinski definition) is 6. The van der Waals surface area contributed by atoms with Crippen LogP contribution in [0.1, 0.15) is 31.9 Å².